The molecule has 0 fully saturated rings. The number of hydrogen-bond acceptors (Lipinski definition) is 9. The van der Waals surface area contributed by atoms with E-state index in [9.17, 15) is 19.7 Å². The maximum atomic E-state index is 12.7. The first-order valence-corrected chi connectivity index (χ1v) is 9.71. The molecule has 4 rings (SSSR count). The number of rotatable bonds is 6. The van der Waals surface area contributed by atoms with Crippen molar-refractivity contribution in [2.24, 2.45) is 0 Å². The minimum atomic E-state index is -0.961. The molecule has 0 saturated carbocycles. The van der Waals surface area contributed by atoms with Gasteiger partial charge in [0.1, 0.15) is 12.2 Å². The van der Waals surface area contributed by atoms with Gasteiger partial charge in [-0.25, -0.2) is 14.6 Å². The summed E-state index contributed by atoms with van der Waals surface area (Å²) in [6, 6.07) is 9.53. The Hall–Kier alpha value is -4.21. The Kier molecular flexibility index (Phi) is 5.59. The molecule has 32 heavy (non-hydrogen) atoms. The highest BCUT2D eigenvalue weighted by atomic mass is 16.7. The Morgan fingerprint density at radius 2 is 1.84 bits per heavy atom. The van der Waals surface area contributed by atoms with Crippen molar-refractivity contribution < 1.29 is 33.5 Å². The zero-order valence-corrected chi connectivity index (χ0v) is 17.2. The zero-order valence-electron chi connectivity index (χ0n) is 17.2. The van der Waals surface area contributed by atoms with E-state index in [0.717, 1.165) is 11.5 Å². The fourth-order valence-corrected chi connectivity index (χ4v) is 3.48. The Balaban J connectivity index is 1.69. The topological polar surface area (TPSA) is 127 Å². The van der Waals surface area contributed by atoms with E-state index in [4.69, 9.17) is 18.9 Å². The second kappa shape index (κ2) is 8.50. The molecule has 0 saturated heterocycles. The molecule has 1 aliphatic heterocycles. The molecule has 2 aromatic carbocycles. The van der Waals surface area contributed by atoms with Crippen LogP contribution in [0.5, 0.6) is 11.5 Å². The number of nitro groups is 1. The largest absolute Gasteiger partial charge is 0.462 e. The van der Waals surface area contributed by atoms with Crippen LogP contribution in [0.2, 0.25) is 0 Å². The third-order valence-electron chi connectivity index (χ3n) is 4.95. The van der Waals surface area contributed by atoms with Crippen molar-refractivity contribution in [3.8, 4) is 11.5 Å². The van der Waals surface area contributed by atoms with Crippen LogP contribution in [0.4, 0.5) is 5.69 Å². The lowest BCUT2D eigenvalue weighted by atomic mass is 10.0. The molecule has 3 aromatic rings. The van der Waals surface area contributed by atoms with Crippen molar-refractivity contribution in [3.63, 3.8) is 0 Å². The van der Waals surface area contributed by atoms with E-state index in [1.54, 1.807) is 26.0 Å². The molecular formula is C22H18N2O8. The van der Waals surface area contributed by atoms with Gasteiger partial charge >= 0.3 is 11.9 Å². The quantitative estimate of drug-likeness (QED) is 0.321. The molecular weight excluding hydrogens is 420 g/mol. The Morgan fingerprint density at radius 1 is 1.12 bits per heavy atom. The summed E-state index contributed by atoms with van der Waals surface area (Å²) in [5.74, 6) is -1.18. The van der Waals surface area contributed by atoms with Gasteiger partial charge in [0.2, 0.25) is 6.79 Å². The number of esters is 2. The number of hydrogen-bond donors (Lipinski definition) is 0. The van der Waals surface area contributed by atoms with Crippen LogP contribution in [-0.2, 0) is 16.1 Å². The zero-order chi connectivity index (χ0) is 22.8. The van der Waals surface area contributed by atoms with Crippen LogP contribution in [-0.4, -0.2) is 35.2 Å². The monoisotopic (exact) mass is 438 g/mol. The van der Waals surface area contributed by atoms with Gasteiger partial charge in [0, 0.05) is 11.5 Å². The molecule has 10 nitrogen and oxygen atoms in total. The van der Waals surface area contributed by atoms with Crippen molar-refractivity contribution in [2.45, 2.75) is 20.5 Å². The van der Waals surface area contributed by atoms with Gasteiger partial charge in [-0.2, -0.15) is 0 Å². The van der Waals surface area contributed by atoms with Crippen LogP contribution < -0.4 is 9.47 Å². The molecule has 1 aliphatic rings. The highest BCUT2D eigenvalue weighted by Crippen LogP contribution is 2.38. The first-order chi connectivity index (χ1) is 15.4. The van der Waals surface area contributed by atoms with E-state index in [1.165, 1.54) is 6.07 Å². The highest BCUT2D eigenvalue weighted by molar-refractivity contribution is 5.99. The predicted molar refractivity (Wildman–Crippen MR) is 111 cm³/mol. The summed E-state index contributed by atoms with van der Waals surface area (Å²) < 4.78 is 20.8. The first kappa shape index (κ1) is 21.0. The van der Waals surface area contributed by atoms with Crippen molar-refractivity contribution in [1.82, 2.24) is 4.98 Å². The maximum absolute atomic E-state index is 12.7. The van der Waals surface area contributed by atoms with Gasteiger partial charge in [0.25, 0.3) is 5.69 Å². The molecule has 0 bridgehead atoms. The molecule has 164 valence electrons. The number of aromatic nitrogens is 1. The minimum absolute atomic E-state index is 0.103. The van der Waals surface area contributed by atoms with Gasteiger partial charge in [-0.05, 0) is 25.5 Å². The van der Waals surface area contributed by atoms with Crippen molar-refractivity contribution >= 4 is 28.5 Å². The van der Waals surface area contributed by atoms with Gasteiger partial charge in [0.05, 0.1) is 34.4 Å². The second-order valence-electron chi connectivity index (χ2n) is 6.85. The fourth-order valence-electron chi connectivity index (χ4n) is 3.48. The molecule has 0 spiro atoms. The Bertz CT molecular complexity index is 1250. The third-order valence-corrected chi connectivity index (χ3v) is 4.95. The number of nitrogens with zero attached hydrogens (tertiary/aromatic N) is 2. The lowest BCUT2D eigenvalue weighted by Crippen LogP contribution is -2.15. The molecule has 10 heteroatoms. The summed E-state index contributed by atoms with van der Waals surface area (Å²) in [4.78, 5) is 40.5. The average Bonchev–Trinajstić information content (AvgIpc) is 3.24. The molecule has 0 aliphatic carbocycles. The lowest BCUT2D eigenvalue weighted by Gasteiger charge is -2.14. The van der Waals surface area contributed by atoms with Crippen LogP contribution in [0, 0.1) is 17.0 Å². The number of ether oxygens (including phenoxy) is 4. The highest BCUT2D eigenvalue weighted by Gasteiger charge is 2.29. The number of benzene rings is 2. The normalized spacial score (nSPS) is 11.9. The van der Waals surface area contributed by atoms with Gasteiger partial charge in [0.15, 0.2) is 11.5 Å². The van der Waals surface area contributed by atoms with Crippen LogP contribution in [0.1, 0.15) is 38.9 Å². The summed E-state index contributed by atoms with van der Waals surface area (Å²) >= 11 is 0. The van der Waals surface area contributed by atoms with E-state index in [0.29, 0.717) is 11.1 Å². The lowest BCUT2D eigenvalue weighted by molar-refractivity contribution is -0.385. The maximum Gasteiger partial charge on any atom is 0.345 e. The van der Waals surface area contributed by atoms with E-state index in [2.05, 4.69) is 4.98 Å². The Morgan fingerprint density at radius 3 is 2.56 bits per heavy atom. The smallest absolute Gasteiger partial charge is 0.345 e. The number of aryl methyl sites for hydroxylation is 1. The van der Waals surface area contributed by atoms with E-state index in [-0.39, 0.29) is 48.3 Å². The van der Waals surface area contributed by atoms with Gasteiger partial charge < -0.3 is 18.9 Å². The van der Waals surface area contributed by atoms with Crippen molar-refractivity contribution in [1.29, 1.82) is 0 Å². The minimum Gasteiger partial charge on any atom is -0.462 e. The summed E-state index contributed by atoms with van der Waals surface area (Å²) in [6.07, 6.45) is 0. The standard InChI is InChI=1S/C22H18N2O8/c1-3-29-22(26)20-12(2)13-6-4-5-7-15(13)23-16(20)10-30-21(25)14-8-18-19(32-11-31-18)9-17(14)24(27)28/h4-9H,3,10-11H2,1-2H3. The number of fused-ring (bicyclic) bond motifs is 2. The van der Waals surface area contributed by atoms with Gasteiger partial charge in [-0.1, -0.05) is 18.2 Å². The first-order valence-electron chi connectivity index (χ1n) is 9.71. The SMILES string of the molecule is CCOC(=O)c1c(COC(=O)c2cc3c(cc2[N+](=O)[O-])OCO3)nc2ccccc2c1C. The van der Waals surface area contributed by atoms with Crippen LogP contribution in [0.3, 0.4) is 0 Å². The number of para-hydroxylation sites is 1. The third kappa shape index (κ3) is 3.78. The van der Waals surface area contributed by atoms with Crippen LogP contribution in [0.15, 0.2) is 36.4 Å². The molecule has 2 heterocycles. The number of carbonyl (C=O) groups is 2. The van der Waals surface area contributed by atoms with Crippen LogP contribution in [0.25, 0.3) is 10.9 Å². The van der Waals surface area contributed by atoms with Crippen molar-refractivity contribution in [2.75, 3.05) is 13.4 Å². The summed E-state index contributed by atoms with van der Waals surface area (Å²) in [7, 11) is 0. The van der Waals surface area contributed by atoms with Crippen LogP contribution >= 0.6 is 0 Å². The fraction of sp³-hybridized carbons (Fsp3) is 0.227. The molecule has 0 atom stereocenters. The summed E-state index contributed by atoms with van der Waals surface area (Å²) in [5.41, 5.74) is 0.851. The Labute approximate surface area is 181 Å². The van der Waals surface area contributed by atoms with Gasteiger partial charge in [-0.15, -0.1) is 0 Å². The second-order valence-corrected chi connectivity index (χ2v) is 6.85. The molecule has 0 amide bonds. The average molecular weight is 438 g/mol. The molecule has 0 radical (unpaired) electrons. The van der Waals surface area contributed by atoms with E-state index in [1.807, 2.05) is 12.1 Å². The predicted octanol–water partition coefficient (Wildman–Crippen LogP) is 3.71. The summed E-state index contributed by atoms with van der Waals surface area (Å²) in [6.45, 7) is 3.11. The summed E-state index contributed by atoms with van der Waals surface area (Å²) in [5, 5.41) is 12.2. The molecule has 1 aromatic heterocycles. The van der Waals surface area contributed by atoms with E-state index < -0.39 is 22.5 Å². The number of pyridine rings is 1. The van der Waals surface area contributed by atoms with E-state index >= 15 is 0 Å². The number of carbonyl (C=O) groups excluding carboxylic acids is 2. The number of nitro benzene ring substituents is 1. The van der Waals surface area contributed by atoms with Gasteiger partial charge in [-0.3, -0.25) is 10.1 Å². The molecule has 0 unspecified atom stereocenters. The molecule has 0 N–H and O–H groups in total. The van der Waals surface area contributed by atoms with Crippen molar-refractivity contribution in [3.05, 3.63) is 68.9 Å².